The third-order valence-electron chi connectivity index (χ3n) is 2.76. The van der Waals surface area contributed by atoms with E-state index in [0.29, 0.717) is 16.8 Å². The Morgan fingerprint density at radius 2 is 2.16 bits per heavy atom. The monoisotopic (exact) mass is 258 g/mol. The quantitative estimate of drug-likeness (QED) is 0.832. The van der Waals surface area contributed by atoms with Crippen molar-refractivity contribution in [1.82, 2.24) is 9.78 Å². The lowest BCUT2D eigenvalue weighted by molar-refractivity contribution is 0.0999. The van der Waals surface area contributed by atoms with Crippen LogP contribution in [-0.2, 0) is 6.54 Å². The summed E-state index contributed by atoms with van der Waals surface area (Å²) in [7, 11) is 1.71. The summed E-state index contributed by atoms with van der Waals surface area (Å²) in [5.41, 5.74) is 6.76. The van der Waals surface area contributed by atoms with Gasteiger partial charge < -0.3 is 11.1 Å². The highest BCUT2D eigenvalue weighted by Crippen LogP contribution is 2.09. The van der Waals surface area contributed by atoms with Crippen molar-refractivity contribution in [3.63, 3.8) is 0 Å². The van der Waals surface area contributed by atoms with Crippen LogP contribution in [0.1, 0.15) is 15.9 Å². The molecule has 6 heteroatoms. The highest BCUT2D eigenvalue weighted by Gasteiger charge is 2.09. The maximum Gasteiger partial charge on any atom is 0.269 e. The fourth-order valence-electron chi connectivity index (χ4n) is 1.75. The second kappa shape index (κ2) is 5.34. The van der Waals surface area contributed by atoms with Crippen molar-refractivity contribution in [2.45, 2.75) is 6.54 Å². The molecule has 0 spiro atoms. The fraction of sp³-hybridized carbons (Fsp3) is 0.154. The molecule has 0 unspecified atom stereocenters. The number of hydrogen-bond acceptors (Lipinski definition) is 4. The first-order chi connectivity index (χ1) is 9.11. The third kappa shape index (κ3) is 2.79. The number of anilines is 1. The Labute approximate surface area is 109 Å². The minimum absolute atomic E-state index is 0.210. The zero-order valence-electron chi connectivity index (χ0n) is 10.5. The molecule has 98 valence electrons. The van der Waals surface area contributed by atoms with Crippen molar-refractivity contribution in [2.75, 3.05) is 12.4 Å². The van der Waals surface area contributed by atoms with E-state index in [4.69, 9.17) is 5.73 Å². The highest BCUT2D eigenvalue weighted by molar-refractivity contribution is 5.94. The number of primary amides is 1. The number of nitrogens with zero attached hydrogens (tertiary/aromatic N) is 2. The first-order valence-electron chi connectivity index (χ1n) is 5.74. The Balaban J connectivity index is 2.37. The molecule has 19 heavy (non-hydrogen) atoms. The van der Waals surface area contributed by atoms with Crippen LogP contribution >= 0.6 is 0 Å². The number of aromatic nitrogens is 2. The van der Waals surface area contributed by atoms with Crippen LogP contribution in [0.5, 0.6) is 0 Å². The van der Waals surface area contributed by atoms with E-state index in [9.17, 15) is 9.59 Å². The van der Waals surface area contributed by atoms with Crippen LogP contribution in [0.4, 0.5) is 5.69 Å². The molecule has 3 N–H and O–H groups in total. The lowest BCUT2D eigenvalue weighted by atomic mass is 10.1. The van der Waals surface area contributed by atoms with Gasteiger partial charge in [0.2, 0.25) is 5.91 Å². The van der Waals surface area contributed by atoms with Crippen molar-refractivity contribution >= 4 is 11.6 Å². The fourth-order valence-corrected chi connectivity index (χ4v) is 1.75. The van der Waals surface area contributed by atoms with Crippen LogP contribution < -0.4 is 16.6 Å². The molecule has 1 aromatic heterocycles. The summed E-state index contributed by atoms with van der Waals surface area (Å²) in [5, 5.41) is 6.87. The van der Waals surface area contributed by atoms with E-state index in [1.54, 1.807) is 37.5 Å². The Kier molecular flexibility index (Phi) is 3.61. The SMILES string of the molecule is CNc1cnn(Cc2ccccc2C(N)=O)c(=O)c1. The van der Waals surface area contributed by atoms with Crippen LogP contribution in [0.2, 0.25) is 0 Å². The van der Waals surface area contributed by atoms with E-state index in [1.165, 1.54) is 10.7 Å². The molecule has 1 heterocycles. The molecular weight excluding hydrogens is 244 g/mol. The van der Waals surface area contributed by atoms with Crippen molar-refractivity contribution in [2.24, 2.45) is 5.73 Å². The molecule has 0 saturated heterocycles. The van der Waals surface area contributed by atoms with Gasteiger partial charge in [-0.15, -0.1) is 0 Å². The van der Waals surface area contributed by atoms with Gasteiger partial charge >= 0.3 is 0 Å². The predicted octanol–water partition coefficient (Wildman–Crippen LogP) is 0.432. The normalized spacial score (nSPS) is 10.2. The number of benzene rings is 1. The smallest absolute Gasteiger partial charge is 0.269 e. The third-order valence-corrected chi connectivity index (χ3v) is 2.76. The predicted molar refractivity (Wildman–Crippen MR) is 72.1 cm³/mol. The van der Waals surface area contributed by atoms with E-state index in [2.05, 4.69) is 10.4 Å². The first-order valence-corrected chi connectivity index (χ1v) is 5.74. The number of amides is 1. The van der Waals surface area contributed by atoms with Crippen molar-refractivity contribution in [3.8, 4) is 0 Å². The number of carbonyl (C=O) groups is 1. The summed E-state index contributed by atoms with van der Waals surface area (Å²) < 4.78 is 1.28. The average molecular weight is 258 g/mol. The van der Waals surface area contributed by atoms with Crippen LogP contribution in [-0.4, -0.2) is 22.7 Å². The summed E-state index contributed by atoms with van der Waals surface area (Å²) in [6.45, 7) is 0.210. The molecule has 0 aliphatic rings. The van der Waals surface area contributed by atoms with Gasteiger partial charge in [-0.1, -0.05) is 18.2 Å². The van der Waals surface area contributed by atoms with E-state index in [1.807, 2.05) is 0 Å². The van der Waals surface area contributed by atoms with E-state index >= 15 is 0 Å². The van der Waals surface area contributed by atoms with E-state index < -0.39 is 5.91 Å². The molecule has 0 aliphatic carbocycles. The van der Waals surface area contributed by atoms with Crippen LogP contribution in [0.3, 0.4) is 0 Å². The zero-order valence-corrected chi connectivity index (χ0v) is 10.5. The summed E-state index contributed by atoms with van der Waals surface area (Å²) in [6.07, 6.45) is 1.55. The molecule has 6 nitrogen and oxygen atoms in total. The van der Waals surface area contributed by atoms with Gasteiger partial charge in [0, 0.05) is 18.7 Å². The van der Waals surface area contributed by atoms with E-state index in [-0.39, 0.29) is 12.1 Å². The highest BCUT2D eigenvalue weighted by atomic mass is 16.1. The summed E-state index contributed by atoms with van der Waals surface area (Å²) >= 11 is 0. The largest absolute Gasteiger partial charge is 0.387 e. The zero-order chi connectivity index (χ0) is 13.8. The topological polar surface area (TPSA) is 90.0 Å². The van der Waals surface area contributed by atoms with Crippen LogP contribution in [0, 0.1) is 0 Å². The number of rotatable bonds is 4. The molecule has 2 rings (SSSR count). The van der Waals surface area contributed by atoms with E-state index in [0.717, 1.165) is 0 Å². The van der Waals surface area contributed by atoms with Gasteiger partial charge in [-0.2, -0.15) is 5.10 Å². The second-order valence-corrected chi connectivity index (χ2v) is 4.01. The van der Waals surface area contributed by atoms with Crippen LogP contribution in [0.25, 0.3) is 0 Å². The minimum atomic E-state index is -0.518. The standard InChI is InChI=1S/C13H14N4O2/c1-15-10-6-12(18)17(16-7-10)8-9-4-2-3-5-11(9)13(14)19/h2-7,15H,8H2,1H3,(H2,14,19). The lowest BCUT2D eigenvalue weighted by Crippen LogP contribution is -2.24. The average Bonchev–Trinajstić information content (AvgIpc) is 2.41. The van der Waals surface area contributed by atoms with Gasteiger partial charge in [-0.25, -0.2) is 4.68 Å². The molecule has 1 aromatic carbocycles. The molecule has 1 amide bonds. The van der Waals surface area contributed by atoms with Gasteiger partial charge in [0.25, 0.3) is 5.56 Å². The molecule has 0 aliphatic heterocycles. The Morgan fingerprint density at radius 1 is 1.42 bits per heavy atom. The van der Waals surface area contributed by atoms with Gasteiger partial charge in [0.1, 0.15) is 0 Å². The summed E-state index contributed by atoms with van der Waals surface area (Å²) in [6, 6.07) is 8.34. The minimum Gasteiger partial charge on any atom is -0.387 e. The Bertz CT molecular complexity index is 664. The molecule has 0 bridgehead atoms. The molecule has 0 saturated carbocycles. The molecule has 2 aromatic rings. The summed E-state index contributed by atoms with van der Waals surface area (Å²) in [4.78, 5) is 23.1. The lowest BCUT2D eigenvalue weighted by Gasteiger charge is -2.08. The number of nitrogens with one attached hydrogen (secondary N) is 1. The van der Waals surface area contributed by atoms with Crippen molar-refractivity contribution in [1.29, 1.82) is 0 Å². The van der Waals surface area contributed by atoms with Crippen molar-refractivity contribution < 1.29 is 4.79 Å². The number of carbonyl (C=O) groups excluding carboxylic acids is 1. The van der Waals surface area contributed by atoms with Gasteiger partial charge in [-0.3, -0.25) is 9.59 Å². The number of hydrogen-bond donors (Lipinski definition) is 2. The Hall–Kier alpha value is -2.63. The summed E-state index contributed by atoms with van der Waals surface area (Å²) in [5.74, 6) is -0.518. The van der Waals surface area contributed by atoms with Gasteiger partial charge in [0.05, 0.1) is 18.4 Å². The van der Waals surface area contributed by atoms with Crippen LogP contribution in [0.15, 0.2) is 41.3 Å². The number of nitrogens with two attached hydrogens (primary N) is 1. The van der Waals surface area contributed by atoms with Crippen molar-refractivity contribution in [3.05, 3.63) is 58.0 Å². The van der Waals surface area contributed by atoms with Gasteiger partial charge in [0.15, 0.2) is 0 Å². The molecule has 0 radical (unpaired) electrons. The molecule has 0 fully saturated rings. The maximum atomic E-state index is 11.8. The second-order valence-electron chi connectivity index (χ2n) is 4.01. The molecular formula is C13H14N4O2. The first kappa shape index (κ1) is 12.8. The molecule has 0 atom stereocenters. The maximum absolute atomic E-state index is 11.8. The Morgan fingerprint density at radius 3 is 2.79 bits per heavy atom. The van der Waals surface area contributed by atoms with Gasteiger partial charge in [-0.05, 0) is 11.6 Å².